The van der Waals surface area contributed by atoms with Crippen LogP contribution in [0.4, 0.5) is 10.1 Å². The third-order valence-electron chi connectivity index (χ3n) is 5.60. The molecule has 4 rings (SSSR count). The third-order valence-corrected chi connectivity index (χ3v) is 5.60. The smallest absolute Gasteiger partial charge is 0.355 e. The van der Waals surface area contributed by atoms with Gasteiger partial charge < -0.3 is 15.0 Å². The normalized spacial score (nSPS) is 12.1. The summed E-state index contributed by atoms with van der Waals surface area (Å²) in [5, 5.41) is 3.90. The number of fused-ring (bicyclic) bond motifs is 1. The van der Waals surface area contributed by atoms with Crippen LogP contribution in [0.2, 0.25) is 0 Å². The zero-order chi connectivity index (χ0) is 25.4. The van der Waals surface area contributed by atoms with E-state index in [9.17, 15) is 4.79 Å². The first-order chi connectivity index (χ1) is 16.4. The van der Waals surface area contributed by atoms with Gasteiger partial charge in [0.1, 0.15) is 29.1 Å². The Bertz CT molecular complexity index is 1360. The summed E-state index contributed by atoms with van der Waals surface area (Å²) >= 11 is 0. The van der Waals surface area contributed by atoms with E-state index in [4.69, 9.17) is 4.74 Å². The Balaban J connectivity index is 1.54. The summed E-state index contributed by atoms with van der Waals surface area (Å²) in [7, 11) is 0. The fourth-order valence-electron chi connectivity index (χ4n) is 3.74. The third kappa shape index (κ3) is 5.67. The summed E-state index contributed by atoms with van der Waals surface area (Å²) < 4.78 is 20.4. The number of hydrogen-bond donors (Lipinski definition) is 2. The van der Waals surface area contributed by atoms with Gasteiger partial charge >= 0.3 is 5.97 Å². The van der Waals surface area contributed by atoms with Crippen LogP contribution in [0.5, 0.6) is 0 Å². The number of hydrogen-bond acceptors (Lipinski definition) is 5. The Hall–Kier alpha value is -3.74. The van der Waals surface area contributed by atoms with E-state index in [0.29, 0.717) is 34.4 Å². The van der Waals surface area contributed by atoms with Crippen molar-refractivity contribution in [3.63, 3.8) is 0 Å². The molecule has 0 radical (unpaired) electrons. The quantitative estimate of drug-likeness (QED) is 0.317. The molecule has 2 heterocycles. The van der Waals surface area contributed by atoms with Gasteiger partial charge in [-0.25, -0.2) is 19.2 Å². The molecule has 0 saturated heterocycles. The first-order valence-electron chi connectivity index (χ1n) is 11.6. The van der Waals surface area contributed by atoms with Crippen LogP contribution in [-0.4, -0.2) is 26.5 Å². The Morgan fingerprint density at radius 3 is 2.34 bits per heavy atom. The monoisotopic (exact) mass is 474 g/mol. The zero-order valence-corrected chi connectivity index (χ0v) is 21.0. The van der Waals surface area contributed by atoms with Gasteiger partial charge in [-0.15, -0.1) is 0 Å². The Kier molecular flexibility index (Phi) is 6.36. The highest BCUT2D eigenvalue weighted by Crippen LogP contribution is 2.29. The van der Waals surface area contributed by atoms with Crippen LogP contribution in [-0.2, 0) is 16.7 Å². The molecule has 2 N–H and O–H groups in total. The van der Waals surface area contributed by atoms with E-state index >= 15 is 4.39 Å². The second-order valence-electron chi connectivity index (χ2n) is 10.7. The van der Waals surface area contributed by atoms with Crippen molar-refractivity contribution in [1.29, 1.82) is 0 Å². The van der Waals surface area contributed by atoms with Crippen molar-refractivity contribution in [3.8, 4) is 11.3 Å². The van der Waals surface area contributed by atoms with E-state index < -0.39 is 11.6 Å². The first-order valence-corrected chi connectivity index (χ1v) is 11.6. The maximum absolute atomic E-state index is 15.0. The van der Waals surface area contributed by atoms with Crippen molar-refractivity contribution in [1.82, 2.24) is 15.0 Å². The minimum Gasteiger partial charge on any atom is -0.455 e. The van der Waals surface area contributed by atoms with Gasteiger partial charge in [-0.1, -0.05) is 45.0 Å². The number of ether oxygens (including phenoxy) is 1. The molecule has 2 aromatic heterocycles. The van der Waals surface area contributed by atoms with E-state index in [1.165, 1.54) is 18.0 Å². The van der Waals surface area contributed by atoms with Gasteiger partial charge in [0.25, 0.3) is 0 Å². The second-order valence-corrected chi connectivity index (χ2v) is 10.7. The molecule has 0 aliphatic carbocycles. The van der Waals surface area contributed by atoms with Gasteiger partial charge in [0.2, 0.25) is 0 Å². The van der Waals surface area contributed by atoms with Crippen LogP contribution in [0.25, 0.3) is 22.3 Å². The molecule has 0 aliphatic heterocycles. The number of aromatic nitrogens is 3. The summed E-state index contributed by atoms with van der Waals surface area (Å²) in [5.74, 6) is -0.819. The molecular weight excluding hydrogens is 443 g/mol. The summed E-state index contributed by atoms with van der Waals surface area (Å²) in [6.07, 6.45) is 1.39. The maximum Gasteiger partial charge on any atom is 0.355 e. The van der Waals surface area contributed by atoms with Crippen LogP contribution in [0.3, 0.4) is 0 Å². The highest BCUT2D eigenvalue weighted by Gasteiger charge is 2.21. The van der Waals surface area contributed by atoms with E-state index in [2.05, 4.69) is 53.2 Å². The number of nitrogens with zero attached hydrogens (tertiary/aromatic N) is 2. The van der Waals surface area contributed by atoms with Crippen LogP contribution < -0.4 is 5.32 Å². The molecule has 0 bridgehead atoms. The number of carbonyl (C=O) groups excluding carboxylic acids is 1. The number of H-pyrrole nitrogens is 1. The van der Waals surface area contributed by atoms with Gasteiger partial charge in [0.05, 0.1) is 5.69 Å². The molecule has 2 aromatic carbocycles. The van der Waals surface area contributed by atoms with E-state index in [-0.39, 0.29) is 16.9 Å². The van der Waals surface area contributed by atoms with Crippen molar-refractivity contribution < 1.29 is 13.9 Å². The topological polar surface area (TPSA) is 79.9 Å². The number of aromatic amines is 1. The van der Waals surface area contributed by atoms with Crippen LogP contribution >= 0.6 is 0 Å². The molecule has 6 nitrogen and oxygen atoms in total. The first kappa shape index (κ1) is 24.4. The molecule has 0 aliphatic rings. The number of anilines is 1. The van der Waals surface area contributed by atoms with E-state index in [1.54, 1.807) is 32.9 Å². The van der Waals surface area contributed by atoms with E-state index in [0.717, 1.165) is 5.69 Å². The summed E-state index contributed by atoms with van der Waals surface area (Å²) in [6, 6.07) is 14.9. The largest absolute Gasteiger partial charge is 0.455 e. The van der Waals surface area contributed by atoms with E-state index in [1.807, 2.05) is 18.2 Å². The minimum absolute atomic E-state index is 0.0833. The van der Waals surface area contributed by atoms with Crippen LogP contribution in [0.15, 0.2) is 54.9 Å². The SMILES string of the molecule is CC(C)(C)OC(=O)c1cc2c(-c3ccc(CNc4ccc(C(C)(C)C)cc4)c(F)c3)ncnc2[nH]1. The van der Waals surface area contributed by atoms with Crippen molar-refractivity contribution in [2.75, 3.05) is 5.32 Å². The molecule has 0 atom stereocenters. The fourth-order valence-corrected chi connectivity index (χ4v) is 3.74. The molecule has 0 unspecified atom stereocenters. The highest BCUT2D eigenvalue weighted by molar-refractivity contribution is 5.98. The van der Waals surface area contributed by atoms with Gasteiger partial charge in [0, 0.05) is 28.7 Å². The molecule has 182 valence electrons. The molecule has 4 aromatic rings. The lowest BCUT2D eigenvalue weighted by atomic mass is 9.87. The lowest BCUT2D eigenvalue weighted by Gasteiger charge is -2.19. The zero-order valence-electron chi connectivity index (χ0n) is 21.0. The number of esters is 1. The summed E-state index contributed by atoms with van der Waals surface area (Å²) in [4.78, 5) is 24.0. The molecule has 35 heavy (non-hydrogen) atoms. The number of rotatable bonds is 5. The average molecular weight is 475 g/mol. The number of carbonyl (C=O) groups is 1. The lowest BCUT2D eigenvalue weighted by Crippen LogP contribution is -2.24. The highest BCUT2D eigenvalue weighted by atomic mass is 19.1. The Morgan fingerprint density at radius 1 is 1.00 bits per heavy atom. The van der Waals surface area contributed by atoms with Gasteiger partial charge in [-0.2, -0.15) is 0 Å². The Morgan fingerprint density at radius 2 is 1.71 bits per heavy atom. The van der Waals surface area contributed by atoms with Crippen LogP contribution in [0.1, 0.15) is 63.2 Å². The second kappa shape index (κ2) is 9.13. The number of nitrogens with one attached hydrogen (secondary N) is 2. The molecule has 7 heteroatoms. The molecule has 0 amide bonds. The van der Waals surface area contributed by atoms with Gasteiger partial charge in [-0.05, 0) is 56.0 Å². The molecule has 0 spiro atoms. The van der Waals surface area contributed by atoms with Gasteiger partial charge in [-0.3, -0.25) is 0 Å². The van der Waals surface area contributed by atoms with Crippen molar-refractivity contribution in [2.45, 2.75) is 59.1 Å². The van der Waals surface area contributed by atoms with Crippen LogP contribution in [0, 0.1) is 5.82 Å². The maximum atomic E-state index is 15.0. The predicted octanol–water partition coefficient (Wildman–Crippen LogP) is 6.63. The predicted molar refractivity (Wildman–Crippen MR) is 137 cm³/mol. The van der Waals surface area contributed by atoms with Gasteiger partial charge in [0.15, 0.2) is 0 Å². The standard InChI is InChI=1S/C28H31FN4O2/c1-27(2,3)19-9-11-20(12-10-19)30-15-18-8-7-17(13-22(18)29)24-21-14-23(26(34)35-28(4,5)6)33-25(21)32-16-31-24/h7-14,16,30H,15H2,1-6H3,(H,31,32,33). The Labute approximate surface area is 205 Å². The average Bonchev–Trinajstić information content (AvgIpc) is 3.21. The van der Waals surface area contributed by atoms with Crippen molar-refractivity contribution in [3.05, 3.63) is 77.5 Å². The number of benzene rings is 2. The molecular formula is C28H31FN4O2. The van der Waals surface area contributed by atoms with Crippen molar-refractivity contribution >= 4 is 22.7 Å². The molecule has 0 fully saturated rings. The lowest BCUT2D eigenvalue weighted by molar-refractivity contribution is 0.00638. The molecule has 0 saturated carbocycles. The minimum atomic E-state index is -0.621. The van der Waals surface area contributed by atoms with Crippen molar-refractivity contribution in [2.24, 2.45) is 0 Å². The summed E-state index contributed by atoms with van der Waals surface area (Å²) in [5.41, 5.74) is 4.08. The number of halogens is 1. The summed E-state index contributed by atoms with van der Waals surface area (Å²) in [6.45, 7) is 12.3. The fraction of sp³-hybridized carbons (Fsp3) is 0.321.